The van der Waals surface area contributed by atoms with Crippen LogP contribution in [0.5, 0.6) is 5.88 Å². The van der Waals surface area contributed by atoms with Crippen molar-refractivity contribution in [2.24, 2.45) is 5.92 Å². The van der Waals surface area contributed by atoms with E-state index in [1.54, 1.807) is 24.4 Å². The summed E-state index contributed by atoms with van der Waals surface area (Å²) < 4.78 is 20.0. The van der Waals surface area contributed by atoms with Crippen LogP contribution >= 0.6 is 0 Å². The lowest BCUT2D eigenvalue weighted by Gasteiger charge is -2.18. The Balaban J connectivity index is 1.37. The van der Waals surface area contributed by atoms with Crippen molar-refractivity contribution in [1.29, 1.82) is 0 Å². The predicted octanol–water partition coefficient (Wildman–Crippen LogP) is 3.21. The number of aromatic nitrogens is 1. The van der Waals surface area contributed by atoms with Crippen molar-refractivity contribution in [3.8, 4) is 5.88 Å². The van der Waals surface area contributed by atoms with E-state index in [1.165, 1.54) is 11.0 Å². The third kappa shape index (κ3) is 4.39. The normalized spacial score (nSPS) is 19.6. The Labute approximate surface area is 169 Å². The standard InChI is InChI=1S/C22H24FN3O3/c23-18-9-3-4-10-19(18)26-14-16(12-20(26)27)21(28)25-13-15-6-5-11-24-22(15)29-17-7-1-2-8-17/h3-6,9-11,16-17H,1-2,7-8,12-14H2,(H,25,28). The van der Waals surface area contributed by atoms with Gasteiger partial charge in [0.1, 0.15) is 11.9 Å². The van der Waals surface area contributed by atoms with Crippen LogP contribution in [-0.4, -0.2) is 29.4 Å². The number of nitrogens with zero attached hydrogens (tertiary/aromatic N) is 2. The largest absolute Gasteiger partial charge is 0.474 e. The lowest BCUT2D eigenvalue weighted by Crippen LogP contribution is -2.33. The molecule has 4 rings (SSSR count). The van der Waals surface area contributed by atoms with Gasteiger partial charge in [0.05, 0.1) is 11.6 Å². The average Bonchev–Trinajstić information content (AvgIpc) is 3.37. The molecule has 6 nitrogen and oxygen atoms in total. The van der Waals surface area contributed by atoms with E-state index in [-0.39, 0.29) is 43.1 Å². The summed E-state index contributed by atoms with van der Waals surface area (Å²) in [6.07, 6.45) is 6.31. The van der Waals surface area contributed by atoms with Crippen LogP contribution in [-0.2, 0) is 16.1 Å². The maximum Gasteiger partial charge on any atom is 0.227 e. The molecule has 0 radical (unpaired) electrons. The molecule has 7 heteroatoms. The fourth-order valence-corrected chi connectivity index (χ4v) is 3.94. The summed E-state index contributed by atoms with van der Waals surface area (Å²) in [5.41, 5.74) is 1.02. The van der Waals surface area contributed by atoms with Crippen LogP contribution < -0.4 is 15.0 Å². The third-order valence-electron chi connectivity index (χ3n) is 5.52. The molecule has 0 spiro atoms. The molecule has 1 atom stereocenters. The first kappa shape index (κ1) is 19.4. The Morgan fingerprint density at radius 1 is 1.21 bits per heavy atom. The van der Waals surface area contributed by atoms with Gasteiger partial charge in [-0.1, -0.05) is 18.2 Å². The molecule has 2 aliphatic rings. The molecule has 1 aliphatic carbocycles. The number of benzene rings is 1. The Morgan fingerprint density at radius 2 is 2.00 bits per heavy atom. The Bertz CT molecular complexity index is 898. The molecule has 2 aromatic rings. The maximum atomic E-state index is 14.0. The molecule has 2 fully saturated rings. The molecule has 1 aromatic carbocycles. The summed E-state index contributed by atoms with van der Waals surface area (Å²) in [5.74, 6) is -0.908. The van der Waals surface area contributed by atoms with E-state index in [0.29, 0.717) is 5.88 Å². The number of nitrogens with one attached hydrogen (secondary N) is 1. The quantitative estimate of drug-likeness (QED) is 0.813. The first-order valence-corrected chi connectivity index (χ1v) is 10.0. The number of amides is 2. The molecule has 2 heterocycles. The highest BCUT2D eigenvalue weighted by Gasteiger charge is 2.36. The number of halogens is 1. The SMILES string of the molecule is O=C(NCc1cccnc1OC1CCCC1)C1CC(=O)N(c2ccccc2F)C1. The molecule has 2 amide bonds. The minimum absolute atomic E-state index is 0.0681. The summed E-state index contributed by atoms with van der Waals surface area (Å²) >= 11 is 0. The fourth-order valence-electron chi connectivity index (χ4n) is 3.94. The van der Waals surface area contributed by atoms with Gasteiger partial charge in [-0.25, -0.2) is 9.37 Å². The van der Waals surface area contributed by atoms with Crippen LogP contribution in [0.3, 0.4) is 0 Å². The van der Waals surface area contributed by atoms with E-state index in [1.807, 2.05) is 12.1 Å². The zero-order valence-electron chi connectivity index (χ0n) is 16.1. The molecule has 29 heavy (non-hydrogen) atoms. The second-order valence-corrected chi connectivity index (χ2v) is 7.57. The monoisotopic (exact) mass is 397 g/mol. The van der Waals surface area contributed by atoms with Crippen molar-refractivity contribution in [3.63, 3.8) is 0 Å². The first-order valence-electron chi connectivity index (χ1n) is 10.0. The Morgan fingerprint density at radius 3 is 2.79 bits per heavy atom. The molecule has 1 aromatic heterocycles. The van der Waals surface area contributed by atoms with Crippen molar-refractivity contribution in [2.75, 3.05) is 11.4 Å². The van der Waals surface area contributed by atoms with Gasteiger partial charge in [0.25, 0.3) is 0 Å². The topological polar surface area (TPSA) is 71.5 Å². The lowest BCUT2D eigenvalue weighted by molar-refractivity contribution is -0.126. The number of carbonyl (C=O) groups is 2. The van der Waals surface area contributed by atoms with Crippen molar-refractivity contribution in [3.05, 3.63) is 54.0 Å². The van der Waals surface area contributed by atoms with E-state index < -0.39 is 11.7 Å². The predicted molar refractivity (Wildman–Crippen MR) is 106 cm³/mol. The summed E-state index contributed by atoms with van der Waals surface area (Å²) in [6.45, 7) is 0.448. The van der Waals surface area contributed by atoms with Crippen LogP contribution in [0.15, 0.2) is 42.6 Å². The van der Waals surface area contributed by atoms with E-state index in [0.717, 1.165) is 31.2 Å². The van der Waals surface area contributed by atoms with Gasteiger partial charge in [0.2, 0.25) is 17.7 Å². The van der Waals surface area contributed by atoms with Crippen molar-refractivity contribution in [1.82, 2.24) is 10.3 Å². The van der Waals surface area contributed by atoms with E-state index in [9.17, 15) is 14.0 Å². The summed E-state index contributed by atoms with van der Waals surface area (Å²) in [7, 11) is 0. The summed E-state index contributed by atoms with van der Waals surface area (Å²) in [4.78, 5) is 30.6. The molecule has 1 saturated heterocycles. The minimum Gasteiger partial charge on any atom is -0.474 e. The fraction of sp³-hybridized carbons (Fsp3) is 0.409. The molecule has 1 N–H and O–H groups in total. The molecular formula is C22H24FN3O3. The van der Waals surface area contributed by atoms with Crippen molar-refractivity contribution >= 4 is 17.5 Å². The molecule has 1 aliphatic heterocycles. The van der Waals surface area contributed by atoms with Gasteiger partial charge in [0.15, 0.2) is 0 Å². The summed E-state index contributed by atoms with van der Waals surface area (Å²) in [5, 5.41) is 2.88. The highest BCUT2D eigenvalue weighted by Crippen LogP contribution is 2.28. The maximum absolute atomic E-state index is 14.0. The lowest BCUT2D eigenvalue weighted by atomic mass is 10.1. The number of ether oxygens (including phenoxy) is 1. The first-order chi connectivity index (χ1) is 14.1. The van der Waals surface area contributed by atoms with Gasteiger partial charge in [-0.15, -0.1) is 0 Å². The zero-order chi connectivity index (χ0) is 20.2. The number of rotatable bonds is 6. The zero-order valence-corrected chi connectivity index (χ0v) is 16.1. The number of para-hydroxylation sites is 1. The molecule has 152 valence electrons. The highest BCUT2D eigenvalue weighted by molar-refractivity contribution is 6.00. The van der Waals surface area contributed by atoms with E-state index in [4.69, 9.17) is 4.74 Å². The van der Waals surface area contributed by atoms with Gasteiger partial charge < -0.3 is 15.0 Å². The van der Waals surface area contributed by atoms with E-state index >= 15 is 0 Å². The van der Waals surface area contributed by atoms with E-state index in [2.05, 4.69) is 10.3 Å². The third-order valence-corrected chi connectivity index (χ3v) is 5.52. The summed E-state index contributed by atoms with van der Waals surface area (Å²) in [6, 6.07) is 9.79. The Kier molecular flexibility index (Phi) is 5.74. The minimum atomic E-state index is -0.516. The van der Waals surface area contributed by atoms with Gasteiger partial charge in [-0.2, -0.15) is 0 Å². The number of anilines is 1. The molecule has 1 saturated carbocycles. The van der Waals surface area contributed by atoms with Gasteiger partial charge >= 0.3 is 0 Å². The second kappa shape index (κ2) is 8.59. The number of hydrogen-bond donors (Lipinski definition) is 1. The molecule has 1 unspecified atom stereocenters. The smallest absolute Gasteiger partial charge is 0.227 e. The number of carbonyl (C=O) groups excluding carboxylic acids is 2. The van der Waals surface area contributed by atoms with Crippen LogP contribution in [0.1, 0.15) is 37.7 Å². The van der Waals surface area contributed by atoms with Crippen LogP contribution in [0.4, 0.5) is 10.1 Å². The molecule has 0 bridgehead atoms. The Hall–Kier alpha value is -2.96. The van der Waals surface area contributed by atoms with Crippen LogP contribution in [0, 0.1) is 11.7 Å². The van der Waals surface area contributed by atoms with Crippen LogP contribution in [0.25, 0.3) is 0 Å². The van der Waals surface area contributed by atoms with Gasteiger partial charge in [0, 0.05) is 31.3 Å². The number of hydrogen-bond acceptors (Lipinski definition) is 4. The van der Waals surface area contributed by atoms with Crippen molar-refractivity contribution in [2.45, 2.75) is 44.8 Å². The van der Waals surface area contributed by atoms with Gasteiger partial charge in [-0.3, -0.25) is 9.59 Å². The van der Waals surface area contributed by atoms with Crippen molar-refractivity contribution < 1.29 is 18.7 Å². The number of pyridine rings is 1. The average molecular weight is 397 g/mol. The van der Waals surface area contributed by atoms with Crippen LogP contribution in [0.2, 0.25) is 0 Å². The second-order valence-electron chi connectivity index (χ2n) is 7.57. The highest BCUT2D eigenvalue weighted by atomic mass is 19.1. The molecular weight excluding hydrogens is 373 g/mol. The van der Waals surface area contributed by atoms with Gasteiger partial charge in [-0.05, 0) is 43.9 Å².